The summed E-state index contributed by atoms with van der Waals surface area (Å²) in [6, 6.07) is 7.27. The molecule has 1 aromatic rings. The molecule has 0 heterocycles. The first-order valence-corrected chi connectivity index (χ1v) is 5.53. The molecule has 4 heteroatoms. The third kappa shape index (κ3) is 2.65. The lowest BCUT2D eigenvalue weighted by Crippen LogP contribution is -2.16. The van der Waals surface area contributed by atoms with Crippen LogP contribution in [-0.2, 0) is 19.7 Å². The molecule has 0 spiro atoms. The second-order valence-corrected chi connectivity index (χ2v) is 3.53. The Morgan fingerprint density at radius 2 is 2.20 bits per heavy atom. The van der Waals surface area contributed by atoms with Gasteiger partial charge in [0.2, 0.25) is 0 Å². The van der Waals surface area contributed by atoms with Crippen molar-refractivity contribution in [2.75, 3.05) is 7.11 Å². The zero-order valence-electron chi connectivity index (χ0n) is 8.27. The van der Waals surface area contributed by atoms with Gasteiger partial charge in [-0.2, -0.15) is 0 Å². The summed E-state index contributed by atoms with van der Waals surface area (Å²) in [7, 11) is 1.27. The van der Waals surface area contributed by atoms with Gasteiger partial charge in [-0.05, 0) is 11.1 Å². The molecule has 0 aliphatic rings. The highest BCUT2D eigenvalue weighted by atomic mass is 79.9. The van der Waals surface area contributed by atoms with E-state index in [2.05, 4.69) is 20.7 Å². The van der Waals surface area contributed by atoms with Crippen molar-refractivity contribution in [3.63, 3.8) is 0 Å². The van der Waals surface area contributed by atoms with Crippen molar-refractivity contribution in [2.45, 2.75) is 11.2 Å². The van der Waals surface area contributed by atoms with E-state index in [1.165, 1.54) is 7.11 Å². The highest BCUT2D eigenvalue weighted by molar-refractivity contribution is 9.08. The molecule has 0 aliphatic heterocycles. The number of rotatable bonds is 4. The Labute approximate surface area is 96.6 Å². The van der Waals surface area contributed by atoms with Gasteiger partial charge in [-0.3, -0.25) is 4.79 Å². The van der Waals surface area contributed by atoms with Gasteiger partial charge in [-0.1, -0.05) is 40.2 Å². The number of halogens is 1. The predicted octanol–water partition coefficient (Wildman–Crippen LogP) is 2.04. The van der Waals surface area contributed by atoms with Crippen LogP contribution in [0.2, 0.25) is 0 Å². The molecule has 1 atom stereocenters. The monoisotopic (exact) mass is 270 g/mol. The fourth-order valence-electron chi connectivity index (χ4n) is 1.34. The topological polar surface area (TPSA) is 43.4 Å². The number of aldehydes is 1. The Bertz CT molecular complexity index is 363. The number of esters is 1. The van der Waals surface area contributed by atoms with Crippen molar-refractivity contribution in [3.8, 4) is 0 Å². The van der Waals surface area contributed by atoms with Crippen molar-refractivity contribution in [1.82, 2.24) is 0 Å². The fourth-order valence-corrected chi connectivity index (χ4v) is 1.85. The average molecular weight is 271 g/mol. The first-order valence-electron chi connectivity index (χ1n) is 4.41. The van der Waals surface area contributed by atoms with Crippen molar-refractivity contribution in [1.29, 1.82) is 0 Å². The summed E-state index contributed by atoms with van der Waals surface area (Å²) in [5.74, 6) is -1.36. The maximum Gasteiger partial charge on any atom is 0.320 e. The third-order valence-corrected chi connectivity index (χ3v) is 2.73. The van der Waals surface area contributed by atoms with Gasteiger partial charge >= 0.3 is 5.97 Å². The molecule has 0 aromatic heterocycles. The lowest BCUT2D eigenvalue weighted by atomic mass is 9.96. The molecule has 0 amide bonds. The third-order valence-electron chi connectivity index (χ3n) is 2.13. The van der Waals surface area contributed by atoms with E-state index in [0.29, 0.717) is 17.2 Å². The van der Waals surface area contributed by atoms with Gasteiger partial charge in [0.05, 0.1) is 7.11 Å². The van der Waals surface area contributed by atoms with Crippen LogP contribution in [0, 0.1) is 0 Å². The Kier molecular flexibility index (Phi) is 4.49. The van der Waals surface area contributed by atoms with Gasteiger partial charge in [-0.25, -0.2) is 0 Å². The first-order chi connectivity index (χ1) is 7.24. The minimum absolute atomic E-state index is 0.529. The maximum atomic E-state index is 11.3. The molecule has 80 valence electrons. The van der Waals surface area contributed by atoms with Crippen LogP contribution in [0.4, 0.5) is 0 Å². The molecule has 1 aromatic carbocycles. The van der Waals surface area contributed by atoms with Crippen molar-refractivity contribution in [3.05, 3.63) is 35.4 Å². The number of ether oxygens (including phenoxy) is 1. The summed E-state index contributed by atoms with van der Waals surface area (Å²) >= 11 is 3.31. The van der Waals surface area contributed by atoms with E-state index in [1.807, 2.05) is 12.1 Å². The van der Waals surface area contributed by atoms with Crippen LogP contribution in [0.3, 0.4) is 0 Å². The molecular weight excluding hydrogens is 260 g/mol. The summed E-state index contributed by atoms with van der Waals surface area (Å²) in [6.45, 7) is 0. The standard InChI is InChI=1S/C11H11BrO3/c1-15-11(14)10(7-13)9-5-3-2-4-8(9)6-12/h2-5,7,10H,6H2,1H3. The Balaban J connectivity index is 3.11. The molecule has 0 N–H and O–H groups in total. The van der Waals surface area contributed by atoms with E-state index in [4.69, 9.17) is 0 Å². The highest BCUT2D eigenvalue weighted by Crippen LogP contribution is 2.21. The van der Waals surface area contributed by atoms with E-state index >= 15 is 0 Å². The summed E-state index contributed by atoms with van der Waals surface area (Å²) in [5, 5.41) is 0.602. The van der Waals surface area contributed by atoms with E-state index < -0.39 is 11.9 Å². The van der Waals surface area contributed by atoms with Crippen molar-refractivity contribution < 1.29 is 14.3 Å². The van der Waals surface area contributed by atoms with Crippen LogP contribution in [0.5, 0.6) is 0 Å². The van der Waals surface area contributed by atoms with Gasteiger partial charge in [0.25, 0.3) is 0 Å². The quantitative estimate of drug-likeness (QED) is 0.364. The lowest BCUT2D eigenvalue weighted by Gasteiger charge is -2.11. The normalized spacial score (nSPS) is 11.9. The Morgan fingerprint density at radius 3 is 2.73 bits per heavy atom. The second-order valence-electron chi connectivity index (χ2n) is 2.97. The first kappa shape index (κ1) is 11.9. The minimum atomic E-state index is -0.830. The molecule has 15 heavy (non-hydrogen) atoms. The molecule has 0 fully saturated rings. The fraction of sp³-hybridized carbons (Fsp3) is 0.273. The SMILES string of the molecule is COC(=O)C(C=O)c1ccccc1CBr. The van der Waals surface area contributed by atoms with Crippen LogP contribution in [-0.4, -0.2) is 19.4 Å². The maximum absolute atomic E-state index is 11.3. The molecule has 0 radical (unpaired) electrons. The predicted molar refractivity (Wildman–Crippen MR) is 59.9 cm³/mol. The van der Waals surface area contributed by atoms with E-state index in [-0.39, 0.29) is 0 Å². The largest absolute Gasteiger partial charge is 0.468 e. The Hall–Kier alpha value is -1.16. The van der Waals surface area contributed by atoms with Gasteiger partial charge in [-0.15, -0.1) is 0 Å². The zero-order chi connectivity index (χ0) is 11.3. The minimum Gasteiger partial charge on any atom is -0.468 e. The van der Waals surface area contributed by atoms with E-state index in [0.717, 1.165) is 5.56 Å². The average Bonchev–Trinajstić information content (AvgIpc) is 2.30. The molecule has 0 aliphatic carbocycles. The number of alkyl halides is 1. The van der Waals surface area contributed by atoms with Crippen LogP contribution in [0.1, 0.15) is 17.0 Å². The van der Waals surface area contributed by atoms with E-state index in [1.54, 1.807) is 12.1 Å². The van der Waals surface area contributed by atoms with Gasteiger partial charge < -0.3 is 9.53 Å². The van der Waals surface area contributed by atoms with Crippen LogP contribution in [0.25, 0.3) is 0 Å². The number of hydrogen-bond donors (Lipinski definition) is 0. The summed E-state index contributed by atoms with van der Waals surface area (Å²) in [4.78, 5) is 22.2. The molecule has 0 bridgehead atoms. The second kappa shape index (κ2) is 5.66. The number of carbonyl (C=O) groups excluding carboxylic acids is 2. The van der Waals surface area contributed by atoms with Crippen LogP contribution >= 0.6 is 15.9 Å². The number of carbonyl (C=O) groups is 2. The smallest absolute Gasteiger partial charge is 0.320 e. The van der Waals surface area contributed by atoms with E-state index in [9.17, 15) is 9.59 Å². The number of hydrogen-bond acceptors (Lipinski definition) is 3. The molecule has 1 rings (SSSR count). The Morgan fingerprint density at radius 1 is 1.53 bits per heavy atom. The molecule has 0 saturated heterocycles. The summed E-state index contributed by atoms with van der Waals surface area (Å²) < 4.78 is 4.57. The molecule has 0 saturated carbocycles. The lowest BCUT2D eigenvalue weighted by molar-refractivity contribution is -0.143. The number of methoxy groups -OCH3 is 1. The zero-order valence-corrected chi connectivity index (χ0v) is 9.86. The van der Waals surface area contributed by atoms with Crippen LogP contribution < -0.4 is 0 Å². The van der Waals surface area contributed by atoms with Gasteiger partial charge in [0.15, 0.2) is 0 Å². The highest BCUT2D eigenvalue weighted by Gasteiger charge is 2.22. The van der Waals surface area contributed by atoms with Crippen LogP contribution in [0.15, 0.2) is 24.3 Å². The molecule has 3 nitrogen and oxygen atoms in total. The number of benzene rings is 1. The van der Waals surface area contributed by atoms with Gasteiger partial charge in [0, 0.05) is 5.33 Å². The molecule has 1 unspecified atom stereocenters. The summed E-state index contributed by atoms with van der Waals surface area (Å²) in [6.07, 6.45) is 0.604. The summed E-state index contributed by atoms with van der Waals surface area (Å²) in [5.41, 5.74) is 1.61. The van der Waals surface area contributed by atoms with Gasteiger partial charge in [0.1, 0.15) is 12.2 Å². The van der Waals surface area contributed by atoms with Crippen molar-refractivity contribution in [2.24, 2.45) is 0 Å². The van der Waals surface area contributed by atoms with Crippen molar-refractivity contribution >= 4 is 28.2 Å². The molecular formula is C11H11BrO3.